The first kappa shape index (κ1) is 17.0. The molecule has 23 heavy (non-hydrogen) atoms. The van der Waals surface area contributed by atoms with Gasteiger partial charge < -0.3 is 10.1 Å². The number of amides is 1. The van der Waals surface area contributed by atoms with Crippen molar-refractivity contribution >= 4 is 33.7 Å². The fourth-order valence-electron chi connectivity index (χ4n) is 1.82. The SMILES string of the molecule is CCOc1ccc(NCC(=O)N/N=C\c2cccc(Br)c2)cc1. The largest absolute Gasteiger partial charge is 0.494 e. The Morgan fingerprint density at radius 3 is 2.74 bits per heavy atom. The highest BCUT2D eigenvalue weighted by atomic mass is 79.9. The van der Waals surface area contributed by atoms with Crippen LogP contribution in [0.15, 0.2) is 58.1 Å². The number of hydrogen-bond donors (Lipinski definition) is 2. The first-order valence-electron chi connectivity index (χ1n) is 7.21. The topological polar surface area (TPSA) is 62.7 Å². The van der Waals surface area contributed by atoms with Crippen LogP contribution in [-0.4, -0.2) is 25.3 Å². The molecule has 0 spiro atoms. The smallest absolute Gasteiger partial charge is 0.259 e. The molecule has 2 aromatic carbocycles. The summed E-state index contributed by atoms with van der Waals surface area (Å²) in [6, 6.07) is 15.1. The molecule has 0 heterocycles. The van der Waals surface area contributed by atoms with E-state index in [-0.39, 0.29) is 12.5 Å². The molecule has 0 atom stereocenters. The molecule has 0 saturated carbocycles. The van der Waals surface area contributed by atoms with Crippen LogP contribution in [0.5, 0.6) is 5.75 Å². The summed E-state index contributed by atoms with van der Waals surface area (Å²) in [5.74, 6) is 0.589. The van der Waals surface area contributed by atoms with Gasteiger partial charge in [0.2, 0.25) is 0 Å². The van der Waals surface area contributed by atoms with Crippen LogP contribution in [0, 0.1) is 0 Å². The monoisotopic (exact) mass is 375 g/mol. The molecule has 2 N–H and O–H groups in total. The zero-order chi connectivity index (χ0) is 16.5. The first-order chi connectivity index (χ1) is 11.2. The van der Waals surface area contributed by atoms with Crippen LogP contribution < -0.4 is 15.5 Å². The Labute approximate surface area is 143 Å². The van der Waals surface area contributed by atoms with Crippen LogP contribution in [-0.2, 0) is 4.79 Å². The van der Waals surface area contributed by atoms with E-state index in [1.807, 2.05) is 55.5 Å². The third kappa shape index (κ3) is 6.12. The number of hydrazone groups is 1. The van der Waals surface area contributed by atoms with E-state index in [1.165, 1.54) is 0 Å². The van der Waals surface area contributed by atoms with Crippen molar-refractivity contribution in [3.63, 3.8) is 0 Å². The number of rotatable bonds is 7. The molecule has 0 aromatic heterocycles. The van der Waals surface area contributed by atoms with E-state index in [4.69, 9.17) is 4.74 Å². The number of nitrogens with one attached hydrogen (secondary N) is 2. The molecule has 0 radical (unpaired) electrons. The summed E-state index contributed by atoms with van der Waals surface area (Å²) in [7, 11) is 0. The average Bonchev–Trinajstić information content (AvgIpc) is 2.55. The van der Waals surface area contributed by atoms with Gasteiger partial charge in [0.05, 0.1) is 19.4 Å². The summed E-state index contributed by atoms with van der Waals surface area (Å²) >= 11 is 3.38. The molecule has 2 rings (SSSR count). The van der Waals surface area contributed by atoms with Gasteiger partial charge in [-0.15, -0.1) is 0 Å². The Bertz CT molecular complexity index is 672. The van der Waals surface area contributed by atoms with E-state index in [9.17, 15) is 4.79 Å². The van der Waals surface area contributed by atoms with E-state index < -0.39 is 0 Å². The maximum absolute atomic E-state index is 11.7. The molecule has 0 saturated heterocycles. The second-order valence-electron chi connectivity index (χ2n) is 4.66. The molecule has 0 aliphatic heterocycles. The van der Waals surface area contributed by atoms with Crippen LogP contribution in [0.2, 0.25) is 0 Å². The maximum atomic E-state index is 11.7. The lowest BCUT2D eigenvalue weighted by atomic mass is 10.2. The van der Waals surface area contributed by atoms with Gasteiger partial charge in [-0.1, -0.05) is 28.1 Å². The van der Waals surface area contributed by atoms with Gasteiger partial charge in [0.1, 0.15) is 5.75 Å². The molecule has 0 fully saturated rings. The second kappa shape index (κ2) is 8.95. The second-order valence-corrected chi connectivity index (χ2v) is 5.57. The predicted octanol–water partition coefficient (Wildman–Crippen LogP) is 3.41. The Hall–Kier alpha value is -2.34. The number of hydrogen-bond acceptors (Lipinski definition) is 4. The molecule has 2 aromatic rings. The van der Waals surface area contributed by atoms with E-state index in [1.54, 1.807) is 6.21 Å². The van der Waals surface area contributed by atoms with Crippen molar-refractivity contribution in [2.24, 2.45) is 5.10 Å². The third-order valence-electron chi connectivity index (χ3n) is 2.87. The highest BCUT2D eigenvalue weighted by molar-refractivity contribution is 9.10. The summed E-state index contributed by atoms with van der Waals surface area (Å²) < 4.78 is 6.32. The third-order valence-corrected chi connectivity index (χ3v) is 3.36. The van der Waals surface area contributed by atoms with Crippen molar-refractivity contribution in [1.29, 1.82) is 0 Å². The molecule has 0 aliphatic carbocycles. The molecular formula is C17H18BrN3O2. The van der Waals surface area contributed by atoms with Crippen molar-refractivity contribution in [2.75, 3.05) is 18.5 Å². The van der Waals surface area contributed by atoms with Gasteiger partial charge in [0, 0.05) is 10.2 Å². The molecule has 6 heteroatoms. The van der Waals surface area contributed by atoms with Gasteiger partial charge in [0.25, 0.3) is 5.91 Å². The maximum Gasteiger partial charge on any atom is 0.259 e. The van der Waals surface area contributed by atoms with Crippen molar-refractivity contribution < 1.29 is 9.53 Å². The number of anilines is 1. The Balaban J connectivity index is 1.76. The lowest BCUT2D eigenvalue weighted by Gasteiger charge is -2.07. The predicted molar refractivity (Wildman–Crippen MR) is 96.0 cm³/mol. The van der Waals surface area contributed by atoms with Crippen molar-refractivity contribution in [1.82, 2.24) is 5.43 Å². The quantitative estimate of drug-likeness (QED) is 0.575. The van der Waals surface area contributed by atoms with Gasteiger partial charge in [0.15, 0.2) is 0 Å². The molecule has 0 aliphatic rings. The fourth-order valence-corrected chi connectivity index (χ4v) is 2.24. The number of carbonyl (C=O) groups is 1. The molecule has 1 amide bonds. The van der Waals surface area contributed by atoms with Crippen LogP contribution in [0.25, 0.3) is 0 Å². The van der Waals surface area contributed by atoms with E-state index in [2.05, 4.69) is 31.8 Å². The van der Waals surface area contributed by atoms with Gasteiger partial charge in [-0.2, -0.15) is 5.10 Å². The minimum absolute atomic E-state index is 0.143. The van der Waals surface area contributed by atoms with Crippen molar-refractivity contribution in [3.05, 3.63) is 58.6 Å². The normalized spacial score (nSPS) is 10.5. The number of ether oxygens (including phenoxy) is 1. The lowest BCUT2D eigenvalue weighted by Crippen LogP contribution is -2.25. The Morgan fingerprint density at radius 2 is 2.04 bits per heavy atom. The Kier molecular flexibility index (Phi) is 6.62. The van der Waals surface area contributed by atoms with Crippen LogP contribution in [0.3, 0.4) is 0 Å². The molecule has 5 nitrogen and oxygen atoms in total. The molecule has 120 valence electrons. The fraction of sp³-hybridized carbons (Fsp3) is 0.176. The van der Waals surface area contributed by atoms with Crippen LogP contribution in [0.4, 0.5) is 5.69 Å². The van der Waals surface area contributed by atoms with E-state index >= 15 is 0 Å². The Morgan fingerprint density at radius 1 is 1.26 bits per heavy atom. The zero-order valence-electron chi connectivity index (χ0n) is 12.8. The van der Waals surface area contributed by atoms with Crippen molar-refractivity contribution in [2.45, 2.75) is 6.92 Å². The average molecular weight is 376 g/mol. The number of carbonyl (C=O) groups excluding carboxylic acids is 1. The van der Waals surface area contributed by atoms with Gasteiger partial charge in [-0.3, -0.25) is 4.79 Å². The van der Waals surface area contributed by atoms with E-state index in [0.717, 1.165) is 21.5 Å². The lowest BCUT2D eigenvalue weighted by molar-refractivity contribution is -0.119. The number of benzene rings is 2. The molecular weight excluding hydrogens is 358 g/mol. The van der Waals surface area contributed by atoms with Gasteiger partial charge in [-0.05, 0) is 48.9 Å². The summed E-state index contributed by atoms with van der Waals surface area (Å²) in [6.45, 7) is 2.71. The zero-order valence-corrected chi connectivity index (χ0v) is 14.3. The van der Waals surface area contributed by atoms with E-state index in [0.29, 0.717) is 6.61 Å². The number of nitrogens with zero attached hydrogens (tertiary/aromatic N) is 1. The van der Waals surface area contributed by atoms with Crippen LogP contribution >= 0.6 is 15.9 Å². The number of halogens is 1. The summed E-state index contributed by atoms with van der Waals surface area (Å²) in [5.41, 5.74) is 4.23. The van der Waals surface area contributed by atoms with Crippen LogP contribution in [0.1, 0.15) is 12.5 Å². The minimum atomic E-state index is -0.217. The highest BCUT2D eigenvalue weighted by Crippen LogP contribution is 2.15. The summed E-state index contributed by atoms with van der Waals surface area (Å²) in [6.07, 6.45) is 1.60. The highest BCUT2D eigenvalue weighted by Gasteiger charge is 2.00. The first-order valence-corrected chi connectivity index (χ1v) is 8.01. The van der Waals surface area contributed by atoms with Crippen molar-refractivity contribution in [3.8, 4) is 5.75 Å². The molecule has 0 bridgehead atoms. The van der Waals surface area contributed by atoms with Gasteiger partial charge >= 0.3 is 0 Å². The summed E-state index contributed by atoms with van der Waals surface area (Å²) in [5, 5.41) is 6.95. The van der Waals surface area contributed by atoms with Gasteiger partial charge in [-0.25, -0.2) is 5.43 Å². The summed E-state index contributed by atoms with van der Waals surface area (Å²) in [4.78, 5) is 11.7. The molecule has 0 unspecified atom stereocenters. The minimum Gasteiger partial charge on any atom is -0.494 e. The standard InChI is InChI=1S/C17H18BrN3O2/c1-2-23-16-8-6-15(7-9-16)19-12-17(22)21-20-11-13-4-3-5-14(18)10-13/h3-11,19H,2,12H2,1H3,(H,21,22)/b20-11-.